The molecule has 0 heterocycles. The molecule has 2 atom stereocenters. The van der Waals surface area contributed by atoms with E-state index in [2.05, 4.69) is 6.92 Å². The van der Waals surface area contributed by atoms with Crippen molar-refractivity contribution in [3.05, 3.63) is 0 Å². The van der Waals surface area contributed by atoms with Crippen molar-refractivity contribution in [1.82, 2.24) is 4.90 Å². The summed E-state index contributed by atoms with van der Waals surface area (Å²) in [5, 5.41) is 0. The first-order valence-electron chi connectivity index (χ1n) is 6.99. The Morgan fingerprint density at radius 2 is 2.22 bits per heavy atom. The maximum absolute atomic E-state index is 12.7. The predicted molar refractivity (Wildman–Crippen MR) is 73.3 cm³/mol. The molecular weight excluding hydrogens is 228 g/mol. The Bertz CT molecular complexity index is 281. The normalized spacial score (nSPS) is 28.4. The zero-order valence-corrected chi connectivity index (χ0v) is 12.2. The van der Waals surface area contributed by atoms with E-state index in [4.69, 9.17) is 10.5 Å². The van der Waals surface area contributed by atoms with Gasteiger partial charge in [0.15, 0.2) is 0 Å². The van der Waals surface area contributed by atoms with Gasteiger partial charge in [-0.2, -0.15) is 0 Å². The lowest BCUT2D eigenvalue weighted by molar-refractivity contribution is -0.141. The lowest BCUT2D eigenvalue weighted by Crippen LogP contribution is -2.59. The highest BCUT2D eigenvalue weighted by molar-refractivity contribution is 5.86. The molecule has 1 rings (SSSR count). The molecule has 1 aliphatic carbocycles. The molecule has 0 aromatic heterocycles. The number of nitrogens with two attached hydrogens (primary N) is 1. The number of methoxy groups -OCH3 is 1. The largest absolute Gasteiger partial charge is 0.383 e. The van der Waals surface area contributed by atoms with Gasteiger partial charge >= 0.3 is 0 Å². The van der Waals surface area contributed by atoms with Gasteiger partial charge in [0.1, 0.15) is 0 Å². The summed E-state index contributed by atoms with van der Waals surface area (Å²) < 4.78 is 5.08. The van der Waals surface area contributed by atoms with E-state index in [1.54, 1.807) is 7.11 Å². The first kappa shape index (κ1) is 15.4. The smallest absolute Gasteiger partial charge is 0.242 e. The monoisotopic (exact) mass is 256 g/mol. The zero-order chi connectivity index (χ0) is 13.8. The summed E-state index contributed by atoms with van der Waals surface area (Å²) >= 11 is 0. The number of nitrogens with zero attached hydrogens (tertiary/aromatic N) is 1. The number of ether oxygens (including phenoxy) is 1. The molecule has 18 heavy (non-hydrogen) atoms. The number of carbonyl (C=O) groups excluding carboxylic acids is 1. The fourth-order valence-electron chi connectivity index (χ4n) is 2.86. The first-order chi connectivity index (χ1) is 8.40. The molecule has 1 saturated carbocycles. The maximum atomic E-state index is 12.7. The van der Waals surface area contributed by atoms with E-state index < -0.39 is 5.54 Å². The summed E-state index contributed by atoms with van der Waals surface area (Å²) in [6.07, 6.45) is 3.86. The minimum atomic E-state index is -0.657. The number of hydrogen-bond donors (Lipinski definition) is 1. The average molecular weight is 256 g/mol. The van der Waals surface area contributed by atoms with Crippen molar-refractivity contribution in [2.45, 2.75) is 58.0 Å². The molecule has 1 amide bonds. The van der Waals surface area contributed by atoms with Crippen LogP contribution in [0.4, 0.5) is 0 Å². The van der Waals surface area contributed by atoms with Crippen LogP contribution in [0.1, 0.15) is 46.5 Å². The molecule has 0 bridgehead atoms. The summed E-state index contributed by atoms with van der Waals surface area (Å²) in [4.78, 5) is 14.5. The Hall–Kier alpha value is -0.610. The van der Waals surface area contributed by atoms with E-state index in [-0.39, 0.29) is 11.9 Å². The van der Waals surface area contributed by atoms with Gasteiger partial charge < -0.3 is 15.4 Å². The van der Waals surface area contributed by atoms with E-state index in [1.807, 2.05) is 18.7 Å². The molecule has 4 nitrogen and oxygen atoms in total. The third kappa shape index (κ3) is 3.69. The van der Waals surface area contributed by atoms with Crippen LogP contribution in [0.25, 0.3) is 0 Å². The molecule has 0 aromatic carbocycles. The summed E-state index contributed by atoms with van der Waals surface area (Å²) in [5.41, 5.74) is 5.71. The van der Waals surface area contributed by atoms with Gasteiger partial charge in [-0.15, -0.1) is 0 Å². The van der Waals surface area contributed by atoms with Crippen LogP contribution in [0.3, 0.4) is 0 Å². The maximum Gasteiger partial charge on any atom is 0.242 e. The van der Waals surface area contributed by atoms with Crippen molar-refractivity contribution in [2.75, 3.05) is 20.3 Å². The van der Waals surface area contributed by atoms with Crippen LogP contribution < -0.4 is 5.73 Å². The van der Waals surface area contributed by atoms with Crippen LogP contribution in [0, 0.1) is 5.92 Å². The van der Waals surface area contributed by atoms with Crippen LogP contribution in [0.15, 0.2) is 0 Å². The number of hydrogen-bond acceptors (Lipinski definition) is 3. The summed E-state index contributed by atoms with van der Waals surface area (Å²) in [5.74, 6) is 0.644. The van der Waals surface area contributed by atoms with Gasteiger partial charge in [-0.05, 0) is 32.6 Å². The van der Waals surface area contributed by atoms with Crippen molar-refractivity contribution >= 4 is 5.91 Å². The highest BCUT2D eigenvalue weighted by atomic mass is 16.5. The topological polar surface area (TPSA) is 55.6 Å². The van der Waals surface area contributed by atoms with Gasteiger partial charge in [0.05, 0.1) is 12.1 Å². The molecule has 0 radical (unpaired) electrons. The van der Waals surface area contributed by atoms with E-state index in [9.17, 15) is 4.79 Å². The summed E-state index contributed by atoms with van der Waals surface area (Å²) in [6, 6.07) is 0.172. The Balaban J connectivity index is 2.74. The van der Waals surface area contributed by atoms with Crippen molar-refractivity contribution in [3.63, 3.8) is 0 Å². The lowest BCUT2D eigenvalue weighted by Gasteiger charge is -2.40. The standard InChI is InChI=1S/C14H28N2O2/c1-11(2)16(8-9-18-4)13(17)14(15)7-5-6-12(3)10-14/h11-12H,5-10,15H2,1-4H3. The van der Waals surface area contributed by atoms with Crippen LogP contribution in [0.2, 0.25) is 0 Å². The molecule has 106 valence electrons. The Morgan fingerprint density at radius 1 is 1.56 bits per heavy atom. The Kier molecular flexibility index (Phi) is 5.60. The molecule has 2 unspecified atom stereocenters. The first-order valence-corrected chi connectivity index (χ1v) is 6.99. The van der Waals surface area contributed by atoms with Gasteiger partial charge in [-0.1, -0.05) is 19.8 Å². The molecular formula is C14H28N2O2. The molecule has 0 spiro atoms. The fourth-order valence-corrected chi connectivity index (χ4v) is 2.86. The minimum Gasteiger partial charge on any atom is -0.383 e. The number of carbonyl (C=O) groups is 1. The molecule has 0 saturated heterocycles. The van der Waals surface area contributed by atoms with Gasteiger partial charge in [-0.25, -0.2) is 0 Å². The third-order valence-corrected chi connectivity index (χ3v) is 3.88. The zero-order valence-electron chi connectivity index (χ0n) is 12.2. The fraction of sp³-hybridized carbons (Fsp3) is 0.929. The number of rotatable bonds is 5. The second-order valence-corrected chi connectivity index (χ2v) is 5.94. The summed E-state index contributed by atoms with van der Waals surface area (Å²) in [6.45, 7) is 7.44. The van der Waals surface area contributed by atoms with Crippen LogP contribution in [-0.2, 0) is 9.53 Å². The van der Waals surface area contributed by atoms with Crippen LogP contribution in [-0.4, -0.2) is 42.6 Å². The third-order valence-electron chi connectivity index (χ3n) is 3.88. The molecule has 2 N–H and O–H groups in total. The van der Waals surface area contributed by atoms with Crippen molar-refractivity contribution in [1.29, 1.82) is 0 Å². The highest BCUT2D eigenvalue weighted by Gasteiger charge is 2.40. The van der Waals surface area contributed by atoms with Gasteiger partial charge in [0, 0.05) is 19.7 Å². The SMILES string of the molecule is COCCN(C(=O)C1(N)CCCC(C)C1)C(C)C. The Morgan fingerprint density at radius 3 is 2.72 bits per heavy atom. The number of amides is 1. The van der Waals surface area contributed by atoms with Crippen molar-refractivity contribution in [2.24, 2.45) is 11.7 Å². The minimum absolute atomic E-state index is 0.0982. The lowest BCUT2D eigenvalue weighted by atomic mass is 9.76. The van der Waals surface area contributed by atoms with E-state index >= 15 is 0 Å². The van der Waals surface area contributed by atoms with Gasteiger partial charge in [0.25, 0.3) is 0 Å². The second-order valence-electron chi connectivity index (χ2n) is 5.94. The molecule has 0 aromatic rings. The molecule has 1 fully saturated rings. The molecule has 1 aliphatic rings. The molecule has 0 aliphatic heterocycles. The molecule has 4 heteroatoms. The van der Waals surface area contributed by atoms with E-state index in [1.165, 1.54) is 6.42 Å². The van der Waals surface area contributed by atoms with E-state index in [0.29, 0.717) is 19.1 Å². The van der Waals surface area contributed by atoms with Crippen LogP contribution >= 0.6 is 0 Å². The summed E-state index contributed by atoms with van der Waals surface area (Å²) in [7, 11) is 1.66. The average Bonchev–Trinajstić information content (AvgIpc) is 2.28. The van der Waals surface area contributed by atoms with Gasteiger partial charge in [-0.3, -0.25) is 4.79 Å². The van der Waals surface area contributed by atoms with Crippen molar-refractivity contribution < 1.29 is 9.53 Å². The van der Waals surface area contributed by atoms with E-state index in [0.717, 1.165) is 19.3 Å². The Labute approximate surface area is 111 Å². The van der Waals surface area contributed by atoms with Crippen molar-refractivity contribution in [3.8, 4) is 0 Å². The second kappa shape index (κ2) is 6.53. The van der Waals surface area contributed by atoms with Crippen LogP contribution in [0.5, 0.6) is 0 Å². The quantitative estimate of drug-likeness (QED) is 0.815. The predicted octanol–water partition coefficient (Wildman–Crippen LogP) is 1.78. The highest BCUT2D eigenvalue weighted by Crippen LogP contribution is 2.32. The van der Waals surface area contributed by atoms with Gasteiger partial charge in [0.2, 0.25) is 5.91 Å².